The number of ether oxygens (including phenoxy) is 2. The first-order valence-electron chi connectivity index (χ1n) is 17.0. The standard InChI is InChI=1S/C38H41Cl2FN6O5/c1-38(2,3)52-37(50)47(19-25-10-11-31(49)44-25)18-23-9-8-22(16-30(23)51-4)35-33(40)28(13-15-42-35)27-6-5-7-29(32(27)39)45-36-34(41)24(12-14-43-36)17-46-20-26(48)21-46/h5-9,12-16,25-26,48H,10-11,17-21H2,1-4H3,(H,43,45)(H,44,49)/t25-/m0/s1. The molecule has 0 unspecified atom stereocenters. The van der Waals surface area contributed by atoms with Crippen LogP contribution in [0.15, 0.2) is 60.9 Å². The summed E-state index contributed by atoms with van der Waals surface area (Å²) in [7, 11) is 1.55. The molecule has 0 aliphatic carbocycles. The van der Waals surface area contributed by atoms with E-state index in [1.54, 1.807) is 69.3 Å². The Hall–Kier alpha value is -4.49. The van der Waals surface area contributed by atoms with Crippen LogP contribution >= 0.6 is 23.2 Å². The highest BCUT2D eigenvalue weighted by atomic mass is 35.5. The largest absolute Gasteiger partial charge is 0.496 e. The molecule has 2 aliphatic rings. The number of rotatable bonds is 11. The van der Waals surface area contributed by atoms with E-state index in [-0.39, 0.29) is 37.0 Å². The second kappa shape index (κ2) is 15.6. The highest BCUT2D eigenvalue weighted by Gasteiger charge is 2.30. The van der Waals surface area contributed by atoms with E-state index in [4.69, 9.17) is 32.7 Å². The first-order valence-corrected chi connectivity index (χ1v) is 17.7. The minimum Gasteiger partial charge on any atom is -0.496 e. The maximum absolute atomic E-state index is 15.5. The molecular weight excluding hydrogens is 710 g/mol. The molecule has 2 saturated heterocycles. The van der Waals surface area contributed by atoms with Crippen molar-refractivity contribution in [3.05, 3.63) is 87.9 Å². The Bertz CT molecular complexity index is 1970. The number of halogens is 3. The average molecular weight is 752 g/mol. The zero-order valence-corrected chi connectivity index (χ0v) is 30.9. The molecule has 2 aromatic carbocycles. The van der Waals surface area contributed by atoms with E-state index in [1.165, 1.54) is 6.20 Å². The van der Waals surface area contributed by atoms with Crippen molar-refractivity contribution in [1.29, 1.82) is 0 Å². The molecule has 52 heavy (non-hydrogen) atoms. The molecule has 0 bridgehead atoms. The smallest absolute Gasteiger partial charge is 0.410 e. The Morgan fingerprint density at radius 3 is 2.52 bits per heavy atom. The first-order chi connectivity index (χ1) is 24.8. The molecule has 3 N–H and O–H groups in total. The maximum Gasteiger partial charge on any atom is 0.410 e. The molecule has 0 spiro atoms. The number of β-amino-alcohol motifs (C(OH)–C–C–N with tert-alkyl or cyclic N) is 1. The summed E-state index contributed by atoms with van der Waals surface area (Å²) >= 11 is 14.0. The number of pyridine rings is 2. The van der Waals surface area contributed by atoms with Gasteiger partial charge in [0.25, 0.3) is 0 Å². The second-order valence-corrected chi connectivity index (χ2v) is 14.7. The normalized spacial score (nSPS) is 16.3. The molecule has 11 nitrogen and oxygen atoms in total. The van der Waals surface area contributed by atoms with Gasteiger partial charge in [0.2, 0.25) is 5.91 Å². The van der Waals surface area contributed by atoms with E-state index in [2.05, 4.69) is 20.6 Å². The number of hydrogen-bond acceptors (Lipinski definition) is 9. The number of aliphatic hydroxyl groups is 1. The summed E-state index contributed by atoms with van der Waals surface area (Å²) in [6, 6.07) is 14.0. The van der Waals surface area contributed by atoms with Gasteiger partial charge >= 0.3 is 6.09 Å². The SMILES string of the molecule is COc1cc(-c2nccc(-c3cccc(Nc4nccc(CN5CC(O)C5)c4F)c3Cl)c2Cl)ccc1CN(C[C@@H]1CCC(=O)N1)C(=O)OC(C)(C)C. The van der Waals surface area contributed by atoms with Gasteiger partial charge < -0.3 is 30.1 Å². The Labute approximate surface area is 312 Å². The maximum atomic E-state index is 15.5. The zero-order chi connectivity index (χ0) is 37.2. The van der Waals surface area contributed by atoms with Crippen LogP contribution in [0.4, 0.5) is 20.7 Å². The molecule has 4 aromatic rings. The summed E-state index contributed by atoms with van der Waals surface area (Å²) in [5.74, 6) is 0.00977. The van der Waals surface area contributed by atoms with Crippen LogP contribution in [-0.4, -0.2) is 81.4 Å². The van der Waals surface area contributed by atoms with Crippen molar-refractivity contribution in [2.75, 3.05) is 32.1 Å². The number of nitrogens with one attached hydrogen (secondary N) is 2. The number of nitrogens with zero attached hydrogens (tertiary/aromatic N) is 4. The predicted octanol–water partition coefficient (Wildman–Crippen LogP) is 7.20. The highest BCUT2D eigenvalue weighted by Crippen LogP contribution is 2.42. The third-order valence-corrected chi connectivity index (χ3v) is 9.62. The Morgan fingerprint density at radius 2 is 1.83 bits per heavy atom. The van der Waals surface area contributed by atoms with Gasteiger partial charge in [-0.05, 0) is 51.5 Å². The number of hydrogen-bond donors (Lipinski definition) is 3. The molecule has 14 heteroatoms. The van der Waals surface area contributed by atoms with Crippen LogP contribution in [0, 0.1) is 5.82 Å². The zero-order valence-electron chi connectivity index (χ0n) is 29.4. The number of amides is 2. The van der Waals surface area contributed by atoms with Gasteiger partial charge in [0.05, 0.1) is 41.2 Å². The van der Waals surface area contributed by atoms with Crippen LogP contribution in [0.1, 0.15) is 44.7 Å². The van der Waals surface area contributed by atoms with E-state index in [0.29, 0.717) is 81.9 Å². The van der Waals surface area contributed by atoms with E-state index >= 15 is 4.39 Å². The number of aromatic nitrogens is 2. The Morgan fingerprint density at radius 1 is 1.08 bits per heavy atom. The van der Waals surface area contributed by atoms with Crippen molar-refractivity contribution >= 4 is 46.7 Å². The number of anilines is 2. The number of methoxy groups -OCH3 is 1. The Kier molecular flexibility index (Phi) is 11.2. The fourth-order valence-corrected chi connectivity index (χ4v) is 6.86. The van der Waals surface area contributed by atoms with Gasteiger partial charge in [-0.3, -0.25) is 14.7 Å². The van der Waals surface area contributed by atoms with Crippen molar-refractivity contribution in [1.82, 2.24) is 25.1 Å². The summed E-state index contributed by atoms with van der Waals surface area (Å²) in [5.41, 5.74) is 3.27. The number of carbonyl (C=O) groups is 2. The highest BCUT2D eigenvalue weighted by molar-refractivity contribution is 6.39. The third-order valence-electron chi connectivity index (χ3n) is 8.83. The van der Waals surface area contributed by atoms with Crippen LogP contribution in [0.25, 0.3) is 22.4 Å². The molecule has 1 atom stereocenters. The van der Waals surface area contributed by atoms with Gasteiger partial charge in [-0.1, -0.05) is 47.5 Å². The lowest BCUT2D eigenvalue weighted by Crippen LogP contribution is -2.49. The van der Waals surface area contributed by atoms with Gasteiger partial charge in [-0.15, -0.1) is 0 Å². The lowest BCUT2D eigenvalue weighted by molar-refractivity contribution is -0.119. The molecule has 0 saturated carbocycles. The monoisotopic (exact) mass is 750 g/mol. The molecule has 6 rings (SSSR count). The number of likely N-dealkylation sites (tertiary alicyclic amines) is 1. The van der Waals surface area contributed by atoms with Crippen LogP contribution in [0.5, 0.6) is 5.75 Å². The van der Waals surface area contributed by atoms with Crippen LogP contribution in [0.2, 0.25) is 10.0 Å². The van der Waals surface area contributed by atoms with E-state index in [9.17, 15) is 14.7 Å². The van der Waals surface area contributed by atoms with Crippen LogP contribution < -0.4 is 15.4 Å². The van der Waals surface area contributed by atoms with Gasteiger partial charge in [0.15, 0.2) is 11.6 Å². The molecular formula is C38H41Cl2FN6O5. The van der Waals surface area contributed by atoms with E-state index in [0.717, 1.165) is 5.56 Å². The fraction of sp³-hybridized carbons (Fsp3) is 0.368. The first kappa shape index (κ1) is 37.3. The van der Waals surface area contributed by atoms with Crippen molar-refractivity contribution in [3.63, 3.8) is 0 Å². The van der Waals surface area contributed by atoms with Gasteiger partial charge in [-0.25, -0.2) is 14.2 Å². The molecule has 2 fully saturated rings. The number of carbonyl (C=O) groups excluding carboxylic acids is 2. The molecule has 2 amide bonds. The van der Waals surface area contributed by atoms with Crippen molar-refractivity contribution in [2.45, 2.75) is 64.4 Å². The van der Waals surface area contributed by atoms with Crippen LogP contribution in [0.3, 0.4) is 0 Å². The van der Waals surface area contributed by atoms with Crippen molar-refractivity contribution < 1.29 is 28.6 Å². The van der Waals surface area contributed by atoms with E-state index in [1.807, 2.05) is 23.1 Å². The lowest BCUT2D eigenvalue weighted by atomic mass is 10.0. The average Bonchev–Trinajstić information content (AvgIpc) is 3.50. The van der Waals surface area contributed by atoms with Gasteiger partial charge in [0.1, 0.15) is 11.4 Å². The topological polar surface area (TPSA) is 129 Å². The van der Waals surface area contributed by atoms with Gasteiger partial charge in [-0.2, -0.15) is 0 Å². The van der Waals surface area contributed by atoms with E-state index < -0.39 is 17.5 Å². The summed E-state index contributed by atoms with van der Waals surface area (Å²) in [6.45, 7) is 7.24. The number of benzene rings is 2. The molecule has 4 heterocycles. The van der Waals surface area contributed by atoms with Crippen molar-refractivity contribution in [3.8, 4) is 28.1 Å². The second-order valence-electron chi connectivity index (χ2n) is 14.0. The minimum absolute atomic E-state index is 0.0320. The summed E-state index contributed by atoms with van der Waals surface area (Å²) in [5, 5.41) is 16.2. The quantitative estimate of drug-likeness (QED) is 0.146. The molecule has 2 aromatic heterocycles. The fourth-order valence-electron chi connectivity index (χ4n) is 6.26. The summed E-state index contributed by atoms with van der Waals surface area (Å²) in [6.07, 6.45) is 3.33. The van der Waals surface area contributed by atoms with Crippen LogP contribution in [-0.2, 0) is 22.6 Å². The number of aliphatic hydroxyl groups excluding tert-OH is 1. The molecule has 0 radical (unpaired) electrons. The lowest BCUT2D eigenvalue weighted by Gasteiger charge is -2.35. The summed E-state index contributed by atoms with van der Waals surface area (Å²) < 4.78 is 26.9. The minimum atomic E-state index is -0.703. The third kappa shape index (κ3) is 8.58. The predicted molar refractivity (Wildman–Crippen MR) is 198 cm³/mol. The summed E-state index contributed by atoms with van der Waals surface area (Å²) in [4.78, 5) is 37.4. The Balaban J connectivity index is 1.25. The van der Waals surface area contributed by atoms with Gasteiger partial charge in [0, 0.05) is 78.9 Å². The molecule has 274 valence electrons. The molecule has 2 aliphatic heterocycles. The van der Waals surface area contributed by atoms with Crippen molar-refractivity contribution in [2.24, 2.45) is 0 Å².